The minimum Gasteiger partial charge on any atom is -0.351 e. The Balaban J connectivity index is 1.55. The number of aromatic nitrogens is 4. The van der Waals surface area contributed by atoms with E-state index in [9.17, 15) is 0 Å². The van der Waals surface area contributed by atoms with Crippen molar-refractivity contribution in [2.75, 3.05) is 19.6 Å². The van der Waals surface area contributed by atoms with E-state index in [1.54, 1.807) is 11.8 Å². The summed E-state index contributed by atoms with van der Waals surface area (Å²) in [5.41, 5.74) is 9.03. The van der Waals surface area contributed by atoms with Gasteiger partial charge in [0.05, 0.1) is 35.3 Å². The van der Waals surface area contributed by atoms with Gasteiger partial charge in [0.1, 0.15) is 5.82 Å². The number of amidine groups is 1. The molecule has 25 heavy (non-hydrogen) atoms. The lowest BCUT2D eigenvalue weighted by molar-refractivity contribution is 0.240. The summed E-state index contributed by atoms with van der Waals surface area (Å²) in [5, 5.41) is 1.20. The molecule has 3 aromatic rings. The van der Waals surface area contributed by atoms with Gasteiger partial charge in [-0.05, 0) is 18.4 Å². The molecule has 3 N–H and O–H groups in total. The number of piperidine rings is 1. The number of aromatic amines is 1. The molecule has 1 fully saturated rings. The Morgan fingerprint density at radius 3 is 3.04 bits per heavy atom. The van der Waals surface area contributed by atoms with E-state index in [4.69, 9.17) is 10.7 Å². The zero-order valence-corrected chi connectivity index (χ0v) is 14.9. The van der Waals surface area contributed by atoms with Crippen LogP contribution in [0.5, 0.6) is 0 Å². The second kappa shape index (κ2) is 5.74. The number of rotatable bonds is 1. The summed E-state index contributed by atoms with van der Waals surface area (Å²) in [4.78, 5) is 19.5. The lowest BCUT2D eigenvalue weighted by Gasteiger charge is -2.37. The molecule has 5 heterocycles. The van der Waals surface area contributed by atoms with E-state index >= 15 is 0 Å². The molecule has 130 valence electrons. The average Bonchev–Trinajstić information content (AvgIpc) is 3.32. The monoisotopic (exact) mass is 355 g/mol. The molecule has 0 radical (unpaired) electrons. The molecule has 7 nitrogen and oxygen atoms in total. The molecule has 1 saturated heterocycles. The summed E-state index contributed by atoms with van der Waals surface area (Å²) < 4.78 is 2.25. The minimum atomic E-state index is 0.102. The molecule has 0 saturated carbocycles. The first kappa shape index (κ1) is 15.2. The molecule has 3 atom stereocenters. The normalized spacial score (nSPS) is 27.4. The lowest BCUT2D eigenvalue weighted by Crippen LogP contribution is -2.41. The molecule has 0 bridgehead atoms. The molecule has 0 aromatic carbocycles. The SMILES string of the molecule is C[C@H]1CCN(C2=NCC(N)S2)C[C@H]1c1ncc2cnc3[nH]ccc3n12. The highest BCUT2D eigenvalue weighted by molar-refractivity contribution is 8.14. The van der Waals surface area contributed by atoms with Crippen LogP contribution in [-0.4, -0.2) is 54.4 Å². The zero-order valence-electron chi connectivity index (χ0n) is 14.1. The average molecular weight is 355 g/mol. The molecule has 8 heteroatoms. The van der Waals surface area contributed by atoms with Crippen LogP contribution in [0.25, 0.3) is 16.7 Å². The molecule has 3 aromatic heterocycles. The summed E-state index contributed by atoms with van der Waals surface area (Å²) in [6.07, 6.45) is 6.88. The number of nitrogens with one attached hydrogen (secondary N) is 1. The van der Waals surface area contributed by atoms with Crippen molar-refractivity contribution in [2.45, 2.75) is 24.6 Å². The minimum absolute atomic E-state index is 0.102. The fourth-order valence-corrected chi connectivity index (χ4v) is 4.78. The fourth-order valence-electron chi connectivity index (χ4n) is 3.89. The van der Waals surface area contributed by atoms with E-state index in [-0.39, 0.29) is 5.37 Å². The van der Waals surface area contributed by atoms with Crippen LogP contribution in [0.1, 0.15) is 25.1 Å². The van der Waals surface area contributed by atoms with Crippen LogP contribution in [0.3, 0.4) is 0 Å². The summed E-state index contributed by atoms with van der Waals surface area (Å²) in [5.74, 6) is 2.05. The van der Waals surface area contributed by atoms with Crippen molar-refractivity contribution in [1.29, 1.82) is 0 Å². The van der Waals surface area contributed by atoms with E-state index in [0.717, 1.165) is 53.7 Å². The van der Waals surface area contributed by atoms with E-state index in [0.29, 0.717) is 11.8 Å². The molecule has 1 unspecified atom stereocenters. The largest absolute Gasteiger partial charge is 0.351 e. The molecule has 0 spiro atoms. The Kier molecular flexibility index (Phi) is 3.49. The second-order valence-electron chi connectivity index (χ2n) is 6.94. The van der Waals surface area contributed by atoms with Gasteiger partial charge in [0.2, 0.25) is 0 Å². The molecule has 0 amide bonds. The number of nitrogens with two attached hydrogens (primary N) is 1. The predicted octanol–water partition coefficient (Wildman–Crippen LogP) is 2.02. The first-order valence-electron chi connectivity index (χ1n) is 8.72. The maximum Gasteiger partial charge on any atom is 0.160 e. The summed E-state index contributed by atoms with van der Waals surface area (Å²) in [6.45, 7) is 5.03. The standard InChI is InChI=1S/C17H21N7S/c1-10-3-5-23(17-22-8-14(18)25-17)9-12(10)16-21-7-11-6-20-15-13(24(11)16)2-4-19-15/h2,4,6-7,10,12,14,19H,3,5,8-9,18H2,1H3/t10-,12+,14?/m0/s1. The molecular weight excluding hydrogens is 334 g/mol. The topological polar surface area (TPSA) is 87.6 Å². The quantitative estimate of drug-likeness (QED) is 0.697. The smallest absolute Gasteiger partial charge is 0.160 e. The van der Waals surface area contributed by atoms with E-state index in [1.165, 1.54) is 0 Å². The third-order valence-electron chi connectivity index (χ3n) is 5.31. The van der Waals surface area contributed by atoms with Gasteiger partial charge in [0, 0.05) is 25.2 Å². The van der Waals surface area contributed by atoms with Crippen LogP contribution in [0.2, 0.25) is 0 Å². The second-order valence-corrected chi connectivity index (χ2v) is 8.15. The van der Waals surface area contributed by atoms with E-state index in [1.807, 2.05) is 18.6 Å². The van der Waals surface area contributed by atoms with Gasteiger partial charge in [-0.3, -0.25) is 9.39 Å². The number of likely N-dealkylation sites (tertiary alicyclic amines) is 1. The third-order valence-corrected chi connectivity index (χ3v) is 6.36. The third kappa shape index (κ3) is 2.43. The van der Waals surface area contributed by atoms with E-state index in [2.05, 4.69) is 37.3 Å². The van der Waals surface area contributed by atoms with Crippen LogP contribution in [0, 0.1) is 5.92 Å². The van der Waals surface area contributed by atoms with Crippen LogP contribution in [0.15, 0.2) is 29.6 Å². The fraction of sp³-hybridized carbons (Fsp3) is 0.471. The number of nitrogens with zero attached hydrogens (tertiary/aromatic N) is 5. The number of hydrogen-bond donors (Lipinski definition) is 2. The molecule has 5 rings (SSSR count). The van der Waals surface area contributed by atoms with Crippen molar-refractivity contribution < 1.29 is 0 Å². The van der Waals surface area contributed by atoms with Crippen LogP contribution >= 0.6 is 11.8 Å². The Morgan fingerprint density at radius 2 is 2.20 bits per heavy atom. The van der Waals surface area contributed by atoms with Crippen LogP contribution < -0.4 is 5.73 Å². The van der Waals surface area contributed by atoms with Crippen molar-refractivity contribution in [1.82, 2.24) is 24.3 Å². The number of aliphatic imine (C=N–C) groups is 1. The summed E-state index contributed by atoms with van der Waals surface area (Å²) in [6, 6.07) is 2.07. The Morgan fingerprint density at radius 1 is 1.32 bits per heavy atom. The van der Waals surface area contributed by atoms with Gasteiger partial charge < -0.3 is 15.6 Å². The highest BCUT2D eigenvalue weighted by Gasteiger charge is 2.33. The van der Waals surface area contributed by atoms with Gasteiger partial charge in [-0.1, -0.05) is 18.7 Å². The first-order valence-corrected chi connectivity index (χ1v) is 9.60. The first-order chi connectivity index (χ1) is 12.2. The molecule has 0 aliphatic carbocycles. The number of fused-ring (bicyclic) bond motifs is 3. The van der Waals surface area contributed by atoms with Gasteiger partial charge in [-0.2, -0.15) is 0 Å². The molecule has 2 aliphatic rings. The van der Waals surface area contributed by atoms with Gasteiger partial charge in [-0.15, -0.1) is 0 Å². The number of thioether (sulfide) groups is 1. The van der Waals surface area contributed by atoms with Crippen LogP contribution in [-0.2, 0) is 0 Å². The Hall–Kier alpha value is -2.06. The van der Waals surface area contributed by atoms with Crippen molar-refractivity contribution in [3.8, 4) is 0 Å². The highest BCUT2D eigenvalue weighted by atomic mass is 32.2. The van der Waals surface area contributed by atoms with Gasteiger partial charge >= 0.3 is 0 Å². The molecular formula is C17H21N7S. The maximum atomic E-state index is 6.01. The highest BCUT2D eigenvalue weighted by Crippen LogP contribution is 2.35. The molecule has 2 aliphatic heterocycles. The maximum absolute atomic E-state index is 6.01. The van der Waals surface area contributed by atoms with Gasteiger partial charge in [0.25, 0.3) is 0 Å². The predicted molar refractivity (Wildman–Crippen MR) is 101 cm³/mol. The number of H-pyrrole nitrogens is 1. The lowest BCUT2D eigenvalue weighted by atomic mass is 9.86. The van der Waals surface area contributed by atoms with Crippen molar-refractivity contribution in [2.24, 2.45) is 16.6 Å². The summed E-state index contributed by atoms with van der Waals surface area (Å²) >= 11 is 1.69. The van der Waals surface area contributed by atoms with E-state index < -0.39 is 0 Å². The van der Waals surface area contributed by atoms with Crippen molar-refractivity contribution >= 4 is 33.6 Å². The Bertz CT molecular complexity index is 958. The number of hydrogen-bond acceptors (Lipinski definition) is 6. The van der Waals surface area contributed by atoms with Crippen molar-refractivity contribution in [3.63, 3.8) is 0 Å². The van der Waals surface area contributed by atoms with Crippen LogP contribution in [0.4, 0.5) is 0 Å². The van der Waals surface area contributed by atoms with Crippen molar-refractivity contribution in [3.05, 3.63) is 30.5 Å². The van der Waals surface area contributed by atoms with Gasteiger partial charge in [-0.25, -0.2) is 9.97 Å². The number of imidazole rings is 1. The van der Waals surface area contributed by atoms with Gasteiger partial charge in [0.15, 0.2) is 10.8 Å². The summed E-state index contributed by atoms with van der Waals surface area (Å²) in [7, 11) is 0. The zero-order chi connectivity index (χ0) is 17.0. The Labute approximate surface area is 149 Å².